The van der Waals surface area contributed by atoms with E-state index in [0.29, 0.717) is 25.1 Å². The highest BCUT2D eigenvalue weighted by atomic mass is 16.6. The molecule has 0 atom stereocenters. The quantitative estimate of drug-likeness (QED) is 0.156. The number of benzene rings is 1. The molecule has 0 bridgehead atoms. The first kappa shape index (κ1) is 15.2. The number of hydrogen-bond donors (Lipinski definition) is 1. The zero-order valence-corrected chi connectivity index (χ0v) is 10.6. The molecule has 8 heteroatoms. The Balaban J connectivity index is 2.40. The Bertz CT molecular complexity index is 547. The van der Waals surface area contributed by atoms with Gasteiger partial charge in [-0.2, -0.15) is 0 Å². The summed E-state index contributed by atoms with van der Waals surface area (Å²) in [6.45, 7) is 0.755. The van der Waals surface area contributed by atoms with Crippen LogP contribution in [-0.2, 0) is 4.79 Å². The van der Waals surface area contributed by atoms with Crippen molar-refractivity contribution in [3.8, 4) is 0 Å². The van der Waals surface area contributed by atoms with Crippen LogP contribution in [0.1, 0.15) is 12.0 Å². The third kappa shape index (κ3) is 5.65. The maximum Gasteiger partial charge on any atom is 0.269 e. The SMILES string of the molecule is [N-]=[N+]=NCCCNC(=O)C=Cc1ccc([N+](=O)[O-])cc1. The lowest BCUT2D eigenvalue weighted by molar-refractivity contribution is -0.384. The van der Waals surface area contributed by atoms with Crippen molar-refractivity contribution in [1.82, 2.24) is 5.32 Å². The molecule has 1 N–H and O–H groups in total. The highest BCUT2D eigenvalue weighted by Crippen LogP contribution is 2.12. The Hall–Kier alpha value is -2.86. The van der Waals surface area contributed by atoms with Crippen LogP contribution < -0.4 is 5.32 Å². The molecule has 0 saturated heterocycles. The molecule has 1 aromatic carbocycles. The third-order valence-electron chi connectivity index (χ3n) is 2.33. The second-order valence-corrected chi connectivity index (χ2v) is 3.78. The van der Waals surface area contributed by atoms with Crippen molar-refractivity contribution in [2.75, 3.05) is 13.1 Å². The van der Waals surface area contributed by atoms with Crippen LogP contribution in [0.3, 0.4) is 0 Å². The summed E-state index contributed by atoms with van der Waals surface area (Å²) in [7, 11) is 0. The number of rotatable bonds is 7. The van der Waals surface area contributed by atoms with Crippen LogP contribution >= 0.6 is 0 Å². The lowest BCUT2D eigenvalue weighted by Crippen LogP contribution is -2.22. The van der Waals surface area contributed by atoms with Gasteiger partial charge in [0, 0.05) is 36.2 Å². The molecule has 0 spiro atoms. The van der Waals surface area contributed by atoms with Crippen LogP contribution in [0.5, 0.6) is 0 Å². The van der Waals surface area contributed by atoms with Gasteiger partial charge in [-0.15, -0.1) is 0 Å². The summed E-state index contributed by atoms with van der Waals surface area (Å²) in [5, 5.41) is 16.4. The zero-order valence-electron chi connectivity index (χ0n) is 10.6. The van der Waals surface area contributed by atoms with E-state index in [9.17, 15) is 14.9 Å². The molecule has 1 aromatic rings. The number of nitrogens with one attached hydrogen (secondary N) is 1. The van der Waals surface area contributed by atoms with Crippen molar-refractivity contribution in [3.05, 3.63) is 56.5 Å². The summed E-state index contributed by atoms with van der Waals surface area (Å²) < 4.78 is 0. The average molecular weight is 275 g/mol. The van der Waals surface area contributed by atoms with Crippen molar-refractivity contribution in [2.45, 2.75) is 6.42 Å². The van der Waals surface area contributed by atoms with Crippen molar-refractivity contribution in [2.24, 2.45) is 5.11 Å². The predicted octanol–water partition coefficient (Wildman–Crippen LogP) is 2.42. The summed E-state index contributed by atoms with van der Waals surface area (Å²) in [4.78, 5) is 24.0. The van der Waals surface area contributed by atoms with E-state index in [-0.39, 0.29) is 11.6 Å². The van der Waals surface area contributed by atoms with Gasteiger partial charge in [0.1, 0.15) is 0 Å². The number of nitrogens with zero attached hydrogens (tertiary/aromatic N) is 4. The van der Waals surface area contributed by atoms with E-state index in [1.54, 1.807) is 18.2 Å². The zero-order chi connectivity index (χ0) is 14.8. The molecule has 0 fully saturated rings. The van der Waals surface area contributed by atoms with Crippen molar-refractivity contribution >= 4 is 17.7 Å². The van der Waals surface area contributed by atoms with Gasteiger partial charge in [-0.25, -0.2) is 0 Å². The van der Waals surface area contributed by atoms with E-state index in [4.69, 9.17) is 5.53 Å². The molecule has 0 aliphatic carbocycles. The molecular weight excluding hydrogens is 262 g/mol. The van der Waals surface area contributed by atoms with Gasteiger partial charge in [-0.1, -0.05) is 5.11 Å². The van der Waals surface area contributed by atoms with Crippen LogP contribution in [0.15, 0.2) is 35.5 Å². The van der Waals surface area contributed by atoms with Crippen LogP contribution in [0.25, 0.3) is 16.5 Å². The molecule has 104 valence electrons. The number of carbonyl (C=O) groups excluding carboxylic acids is 1. The van der Waals surface area contributed by atoms with Crippen LogP contribution in [-0.4, -0.2) is 23.9 Å². The topological polar surface area (TPSA) is 121 Å². The van der Waals surface area contributed by atoms with E-state index < -0.39 is 4.92 Å². The van der Waals surface area contributed by atoms with Crippen molar-refractivity contribution in [3.63, 3.8) is 0 Å². The van der Waals surface area contributed by atoms with E-state index in [1.165, 1.54) is 18.2 Å². The van der Waals surface area contributed by atoms with E-state index in [0.717, 1.165) is 0 Å². The first-order valence-corrected chi connectivity index (χ1v) is 5.84. The van der Waals surface area contributed by atoms with Crippen LogP contribution in [0, 0.1) is 10.1 Å². The highest BCUT2D eigenvalue weighted by Gasteiger charge is 2.02. The normalized spacial score (nSPS) is 10.0. The third-order valence-corrected chi connectivity index (χ3v) is 2.33. The minimum Gasteiger partial charge on any atom is -0.353 e. The maximum absolute atomic E-state index is 11.4. The minimum atomic E-state index is -0.482. The number of nitro benzene ring substituents is 1. The molecule has 0 aliphatic heterocycles. The summed E-state index contributed by atoms with van der Waals surface area (Å²) >= 11 is 0. The first-order chi connectivity index (χ1) is 9.63. The summed E-state index contributed by atoms with van der Waals surface area (Å²) in [5.41, 5.74) is 8.76. The smallest absolute Gasteiger partial charge is 0.269 e. The van der Waals surface area contributed by atoms with E-state index >= 15 is 0 Å². The van der Waals surface area contributed by atoms with Gasteiger partial charge in [0.2, 0.25) is 5.91 Å². The Morgan fingerprint density at radius 2 is 2.15 bits per heavy atom. The molecule has 0 radical (unpaired) electrons. The lowest BCUT2D eigenvalue weighted by atomic mass is 10.2. The molecule has 20 heavy (non-hydrogen) atoms. The monoisotopic (exact) mass is 275 g/mol. The summed E-state index contributed by atoms with van der Waals surface area (Å²) in [5.74, 6) is -0.274. The molecule has 1 rings (SSSR count). The molecule has 0 aliphatic rings. The first-order valence-electron chi connectivity index (χ1n) is 5.84. The Morgan fingerprint density at radius 3 is 2.75 bits per heavy atom. The Morgan fingerprint density at radius 1 is 1.45 bits per heavy atom. The van der Waals surface area contributed by atoms with E-state index in [2.05, 4.69) is 15.3 Å². The number of nitro groups is 1. The second-order valence-electron chi connectivity index (χ2n) is 3.78. The van der Waals surface area contributed by atoms with Gasteiger partial charge in [-0.3, -0.25) is 14.9 Å². The van der Waals surface area contributed by atoms with Gasteiger partial charge < -0.3 is 5.32 Å². The largest absolute Gasteiger partial charge is 0.353 e. The number of amides is 1. The number of azide groups is 1. The predicted molar refractivity (Wildman–Crippen MR) is 73.8 cm³/mol. The number of non-ortho nitro benzene ring substituents is 1. The van der Waals surface area contributed by atoms with Crippen molar-refractivity contribution < 1.29 is 9.72 Å². The Labute approximate surface area is 114 Å². The second kappa shape index (κ2) is 8.28. The standard InChI is InChI=1S/C12H13N5O3/c13-16-15-9-1-8-14-12(18)7-4-10-2-5-11(6-3-10)17(19)20/h2-7H,1,8-9H2,(H,14,18). The fourth-order valence-corrected chi connectivity index (χ4v) is 1.34. The lowest BCUT2D eigenvalue weighted by Gasteiger charge is -1.99. The van der Waals surface area contributed by atoms with Gasteiger partial charge >= 0.3 is 0 Å². The van der Waals surface area contributed by atoms with Crippen molar-refractivity contribution in [1.29, 1.82) is 0 Å². The fraction of sp³-hybridized carbons (Fsp3) is 0.250. The average Bonchev–Trinajstić information content (AvgIpc) is 2.45. The van der Waals surface area contributed by atoms with Crippen LogP contribution in [0.2, 0.25) is 0 Å². The molecule has 8 nitrogen and oxygen atoms in total. The molecule has 0 saturated carbocycles. The molecule has 0 aromatic heterocycles. The highest BCUT2D eigenvalue weighted by molar-refractivity contribution is 5.91. The fourth-order valence-electron chi connectivity index (χ4n) is 1.34. The van der Waals surface area contributed by atoms with Gasteiger partial charge in [0.25, 0.3) is 5.69 Å². The van der Waals surface area contributed by atoms with Gasteiger partial charge in [0.15, 0.2) is 0 Å². The molecular formula is C12H13N5O3. The Kier molecular flexibility index (Phi) is 6.29. The number of hydrogen-bond acceptors (Lipinski definition) is 4. The molecule has 1 amide bonds. The minimum absolute atomic E-state index is 0.00430. The van der Waals surface area contributed by atoms with E-state index in [1.807, 2.05) is 0 Å². The summed E-state index contributed by atoms with van der Waals surface area (Å²) in [6, 6.07) is 5.86. The van der Waals surface area contributed by atoms with Gasteiger partial charge in [0.05, 0.1) is 4.92 Å². The summed E-state index contributed by atoms with van der Waals surface area (Å²) in [6.07, 6.45) is 3.47. The van der Waals surface area contributed by atoms with Gasteiger partial charge in [-0.05, 0) is 35.7 Å². The number of carbonyl (C=O) groups is 1. The molecule has 0 unspecified atom stereocenters. The van der Waals surface area contributed by atoms with Crippen LogP contribution in [0.4, 0.5) is 5.69 Å². The molecule has 0 heterocycles. The maximum atomic E-state index is 11.4.